The molecular weight excluding hydrogens is 366 g/mol. The van der Waals surface area contributed by atoms with Gasteiger partial charge in [-0.25, -0.2) is 4.79 Å². The molecule has 0 aliphatic rings. The number of carbonyl (C=O) groups is 2. The van der Waals surface area contributed by atoms with E-state index in [2.05, 4.69) is 15.5 Å². The quantitative estimate of drug-likeness (QED) is 0.635. The van der Waals surface area contributed by atoms with Crippen molar-refractivity contribution in [2.45, 2.75) is 26.3 Å². The zero-order valence-electron chi connectivity index (χ0n) is 15.6. The van der Waals surface area contributed by atoms with Crippen molar-refractivity contribution in [3.8, 4) is 5.75 Å². The number of carbonyl (C=O) groups excluding carboxylic acids is 1. The molecule has 0 aliphatic carbocycles. The van der Waals surface area contributed by atoms with Crippen LogP contribution >= 0.6 is 0 Å². The molecule has 2 N–H and O–H groups in total. The van der Waals surface area contributed by atoms with Gasteiger partial charge in [0.2, 0.25) is 5.89 Å². The van der Waals surface area contributed by atoms with E-state index in [1.54, 1.807) is 38.1 Å². The highest BCUT2D eigenvalue weighted by Crippen LogP contribution is 2.29. The second-order valence-electron chi connectivity index (χ2n) is 5.93. The Hall–Kier alpha value is -3.62. The summed E-state index contributed by atoms with van der Waals surface area (Å²) in [6.45, 7) is 3.38. The lowest BCUT2D eigenvalue weighted by Gasteiger charge is -2.17. The van der Waals surface area contributed by atoms with Gasteiger partial charge in [-0.3, -0.25) is 4.79 Å². The summed E-state index contributed by atoms with van der Waals surface area (Å²) in [5.41, 5.74) is 0.566. The third kappa shape index (κ3) is 3.73. The van der Waals surface area contributed by atoms with Crippen LogP contribution in [0.1, 0.15) is 56.9 Å². The minimum absolute atomic E-state index is 0.0445. The standard InChI is InChI=1S/C19H19N3O6/c1-4-13-12(19(24)25)9-15(27-13)18(23)21-16(17-20-10(2)28-22-17)11-7-5-6-8-14(11)26-3/h5-9,16H,4H2,1-3H3,(H,21,23)(H,24,25). The SMILES string of the molecule is CCc1oc(C(=O)NC(c2noc(C)n2)c2ccccc2OC)cc1C(=O)O. The molecule has 0 bridgehead atoms. The number of benzene rings is 1. The fourth-order valence-electron chi connectivity index (χ4n) is 2.81. The van der Waals surface area contributed by atoms with Crippen LogP contribution in [0.15, 0.2) is 39.3 Å². The summed E-state index contributed by atoms with van der Waals surface area (Å²) in [7, 11) is 1.51. The van der Waals surface area contributed by atoms with Crippen molar-refractivity contribution < 1.29 is 28.4 Å². The Labute approximate surface area is 160 Å². The number of methoxy groups -OCH3 is 1. The number of hydrogen-bond donors (Lipinski definition) is 2. The zero-order chi connectivity index (χ0) is 20.3. The number of hydrogen-bond acceptors (Lipinski definition) is 7. The van der Waals surface area contributed by atoms with Gasteiger partial charge in [0.15, 0.2) is 11.6 Å². The molecule has 0 saturated carbocycles. The molecule has 0 spiro atoms. The number of ether oxygens (including phenoxy) is 1. The Morgan fingerprint density at radius 2 is 2.07 bits per heavy atom. The number of carboxylic acid groups (broad SMARTS) is 1. The smallest absolute Gasteiger partial charge is 0.339 e. The van der Waals surface area contributed by atoms with Gasteiger partial charge in [-0.05, 0) is 6.07 Å². The first-order valence-corrected chi connectivity index (χ1v) is 8.54. The molecule has 0 fully saturated rings. The number of amides is 1. The van der Waals surface area contributed by atoms with Gasteiger partial charge in [0.25, 0.3) is 5.91 Å². The van der Waals surface area contributed by atoms with Crippen molar-refractivity contribution in [3.63, 3.8) is 0 Å². The number of nitrogens with one attached hydrogen (secondary N) is 1. The van der Waals surface area contributed by atoms with Crippen LogP contribution in [0, 0.1) is 6.92 Å². The predicted molar refractivity (Wildman–Crippen MR) is 96.4 cm³/mol. The molecule has 146 valence electrons. The van der Waals surface area contributed by atoms with E-state index in [9.17, 15) is 14.7 Å². The normalized spacial score (nSPS) is 11.8. The van der Waals surface area contributed by atoms with Gasteiger partial charge in [-0.2, -0.15) is 4.98 Å². The van der Waals surface area contributed by atoms with E-state index >= 15 is 0 Å². The third-order valence-electron chi connectivity index (χ3n) is 4.11. The molecule has 2 heterocycles. The van der Waals surface area contributed by atoms with Gasteiger partial charge in [0, 0.05) is 25.0 Å². The van der Waals surface area contributed by atoms with Crippen LogP contribution in [0.4, 0.5) is 0 Å². The number of aromatic nitrogens is 2. The number of para-hydroxylation sites is 1. The maximum absolute atomic E-state index is 12.8. The maximum atomic E-state index is 12.8. The number of carboxylic acids is 1. The summed E-state index contributed by atoms with van der Waals surface area (Å²) in [5, 5.41) is 15.9. The van der Waals surface area contributed by atoms with E-state index in [0.29, 0.717) is 23.6 Å². The first-order valence-electron chi connectivity index (χ1n) is 8.54. The van der Waals surface area contributed by atoms with Gasteiger partial charge >= 0.3 is 5.97 Å². The van der Waals surface area contributed by atoms with E-state index in [1.165, 1.54) is 13.2 Å². The van der Waals surface area contributed by atoms with Gasteiger partial charge in [-0.15, -0.1) is 0 Å². The van der Waals surface area contributed by atoms with Gasteiger partial charge < -0.3 is 24.1 Å². The molecule has 0 radical (unpaired) electrons. The molecule has 1 amide bonds. The third-order valence-corrected chi connectivity index (χ3v) is 4.11. The average Bonchev–Trinajstić information content (AvgIpc) is 3.32. The lowest BCUT2D eigenvalue weighted by atomic mass is 10.0. The van der Waals surface area contributed by atoms with Crippen molar-refractivity contribution in [2.75, 3.05) is 7.11 Å². The molecule has 1 aromatic carbocycles. The van der Waals surface area contributed by atoms with E-state index in [-0.39, 0.29) is 22.9 Å². The molecule has 9 nitrogen and oxygen atoms in total. The van der Waals surface area contributed by atoms with Crippen LogP contribution < -0.4 is 10.1 Å². The van der Waals surface area contributed by atoms with Gasteiger partial charge in [0.05, 0.1) is 7.11 Å². The van der Waals surface area contributed by atoms with Crippen LogP contribution in [-0.2, 0) is 6.42 Å². The monoisotopic (exact) mass is 385 g/mol. The van der Waals surface area contributed by atoms with E-state index in [4.69, 9.17) is 13.7 Å². The first-order chi connectivity index (χ1) is 13.4. The average molecular weight is 385 g/mol. The molecule has 0 aliphatic heterocycles. The number of aromatic carboxylic acids is 1. The molecule has 28 heavy (non-hydrogen) atoms. The second-order valence-corrected chi connectivity index (χ2v) is 5.93. The fraction of sp³-hybridized carbons (Fsp3) is 0.263. The molecule has 0 saturated heterocycles. The summed E-state index contributed by atoms with van der Waals surface area (Å²) < 4.78 is 15.9. The highest BCUT2D eigenvalue weighted by Gasteiger charge is 2.28. The van der Waals surface area contributed by atoms with Crippen molar-refractivity contribution in [1.82, 2.24) is 15.5 Å². The number of aryl methyl sites for hydroxylation is 2. The van der Waals surface area contributed by atoms with Crippen LogP contribution in [0.25, 0.3) is 0 Å². The summed E-state index contributed by atoms with van der Waals surface area (Å²) in [6, 6.07) is 7.50. The Morgan fingerprint density at radius 3 is 2.64 bits per heavy atom. The van der Waals surface area contributed by atoms with Gasteiger partial charge in [0.1, 0.15) is 23.1 Å². The summed E-state index contributed by atoms with van der Waals surface area (Å²) >= 11 is 0. The molecule has 1 unspecified atom stereocenters. The Balaban J connectivity index is 1.98. The Morgan fingerprint density at radius 1 is 1.32 bits per heavy atom. The molecule has 2 aromatic heterocycles. The largest absolute Gasteiger partial charge is 0.496 e. The zero-order valence-corrected chi connectivity index (χ0v) is 15.6. The number of rotatable bonds is 7. The fourth-order valence-corrected chi connectivity index (χ4v) is 2.81. The van der Waals surface area contributed by atoms with Crippen molar-refractivity contribution in [2.24, 2.45) is 0 Å². The lowest BCUT2D eigenvalue weighted by molar-refractivity contribution is 0.0694. The highest BCUT2D eigenvalue weighted by atomic mass is 16.5. The van der Waals surface area contributed by atoms with Crippen LogP contribution in [-0.4, -0.2) is 34.2 Å². The van der Waals surface area contributed by atoms with E-state index in [0.717, 1.165) is 0 Å². The molecular formula is C19H19N3O6. The number of furan rings is 1. The van der Waals surface area contributed by atoms with Crippen LogP contribution in [0.5, 0.6) is 5.75 Å². The second kappa shape index (κ2) is 7.95. The predicted octanol–water partition coefficient (Wildman–Crippen LogP) is 2.76. The van der Waals surface area contributed by atoms with Crippen LogP contribution in [0.2, 0.25) is 0 Å². The Kier molecular flexibility index (Phi) is 5.44. The van der Waals surface area contributed by atoms with Crippen molar-refractivity contribution in [3.05, 3.63) is 64.7 Å². The van der Waals surface area contributed by atoms with Gasteiger partial charge in [-0.1, -0.05) is 30.3 Å². The minimum Gasteiger partial charge on any atom is -0.496 e. The van der Waals surface area contributed by atoms with Crippen molar-refractivity contribution in [1.29, 1.82) is 0 Å². The molecule has 3 aromatic rings. The number of nitrogens with zero attached hydrogens (tertiary/aromatic N) is 2. The first kappa shape index (κ1) is 19.2. The maximum Gasteiger partial charge on any atom is 0.339 e. The van der Waals surface area contributed by atoms with E-state index in [1.807, 2.05) is 0 Å². The molecule has 3 rings (SSSR count). The summed E-state index contributed by atoms with van der Waals surface area (Å²) in [4.78, 5) is 28.3. The summed E-state index contributed by atoms with van der Waals surface area (Å²) in [6.07, 6.45) is 0.342. The minimum atomic E-state index is -1.16. The molecule has 1 atom stereocenters. The highest BCUT2D eigenvalue weighted by molar-refractivity contribution is 5.96. The van der Waals surface area contributed by atoms with Crippen molar-refractivity contribution >= 4 is 11.9 Å². The lowest BCUT2D eigenvalue weighted by Crippen LogP contribution is -2.30. The van der Waals surface area contributed by atoms with E-state index < -0.39 is 17.9 Å². The summed E-state index contributed by atoms with van der Waals surface area (Å²) in [5.74, 6) is -0.568. The van der Waals surface area contributed by atoms with Crippen LogP contribution in [0.3, 0.4) is 0 Å². The topological polar surface area (TPSA) is 128 Å². The Bertz CT molecular complexity index is 1010. The molecule has 9 heteroatoms.